The number of halogens is 2. The molecule has 0 unspecified atom stereocenters. The molecule has 1 fully saturated rings. The molecule has 0 aromatic rings. The zero-order chi connectivity index (χ0) is 13.7. The summed E-state index contributed by atoms with van der Waals surface area (Å²) in [7, 11) is 0. The molecule has 4 nitrogen and oxygen atoms in total. The Bertz CT molecular complexity index is 274. The Morgan fingerprint density at radius 2 is 1.17 bits per heavy atom. The van der Waals surface area contributed by atoms with Gasteiger partial charge in [0.15, 0.2) is 0 Å². The van der Waals surface area contributed by atoms with E-state index in [9.17, 15) is 9.59 Å². The minimum atomic E-state index is -0.0979. The van der Waals surface area contributed by atoms with E-state index in [4.69, 9.17) is 0 Å². The number of carbonyl (C=O) groups excluding carboxylic acids is 2. The molecule has 1 saturated heterocycles. The largest absolute Gasteiger partial charge is 0.338 e. The van der Waals surface area contributed by atoms with Crippen molar-refractivity contribution >= 4 is 43.7 Å². The van der Waals surface area contributed by atoms with Crippen LogP contribution in [0.5, 0.6) is 0 Å². The minimum Gasteiger partial charge on any atom is -0.338 e. The highest BCUT2D eigenvalue weighted by molar-refractivity contribution is 9.10. The van der Waals surface area contributed by atoms with Crippen molar-refractivity contribution in [3.8, 4) is 0 Å². The maximum atomic E-state index is 12.0. The highest BCUT2D eigenvalue weighted by atomic mass is 79.9. The molecule has 1 aliphatic rings. The molecule has 0 spiro atoms. The quantitative estimate of drug-likeness (QED) is 0.696. The van der Waals surface area contributed by atoms with Gasteiger partial charge in [-0.2, -0.15) is 0 Å². The number of piperazine rings is 1. The number of rotatable bonds is 4. The Kier molecular flexibility index (Phi) is 6.63. The summed E-state index contributed by atoms with van der Waals surface area (Å²) in [6.07, 6.45) is 1.58. The number of carbonyl (C=O) groups is 2. The lowest BCUT2D eigenvalue weighted by atomic mass is 10.2. The summed E-state index contributed by atoms with van der Waals surface area (Å²) < 4.78 is 0. The molecule has 6 heteroatoms. The van der Waals surface area contributed by atoms with Gasteiger partial charge in [-0.1, -0.05) is 45.7 Å². The Morgan fingerprint density at radius 1 is 0.889 bits per heavy atom. The molecule has 0 aromatic heterocycles. The van der Waals surface area contributed by atoms with Crippen LogP contribution in [0.25, 0.3) is 0 Å². The molecule has 2 amide bonds. The molecule has 0 bridgehead atoms. The van der Waals surface area contributed by atoms with Gasteiger partial charge < -0.3 is 9.80 Å². The molecule has 0 aliphatic carbocycles. The fourth-order valence-electron chi connectivity index (χ4n) is 1.89. The normalized spacial score (nSPS) is 19.6. The van der Waals surface area contributed by atoms with Crippen molar-refractivity contribution in [1.82, 2.24) is 9.80 Å². The highest BCUT2D eigenvalue weighted by Gasteiger charge is 2.28. The maximum absolute atomic E-state index is 12.0. The van der Waals surface area contributed by atoms with Gasteiger partial charge in [-0.25, -0.2) is 0 Å². The number of alkyl halides is 2. The third-order valence-electron chi connectivity index (χ3n) is 3.16. The van der Waals surface area contributed by atoms with E-state index in [1.807, 2.05) is 23.6 Å². The van der Waals surface area contributed by atoms with Crippen LogP contribution in [0.1, 0.15) is 26.7 Å². The molecule has 18 heavy (non-hydrogen) atoms. The lowest BCUT2D eigenvalue weighted by Crippen LogP contribution is -2.53. The summed E-state index contributed by atoms with van der Waals surface area (Å²) in [5, 5.41) is 0. The summed E-state index contributed by atoms with van der Waals surface area (Å²) in [5.41, 5.74) is 0. The topological polar surface area (TPSA) is 40.6 Å². The molecule has 0 N–H and O–H groups in total. The standard InChI is InChI=1S/C12H20Br2N2O2/c1-3-9(13)11(17)15-5-7-16(8-6-15)12(18)10(14)4-2/h9-10H,3-8H2,1-2H3/t9-,10+. The van der Waals surface area contributed by atoms with Crippen molar-refractivity contribution in [2.45, 2.75) is 36.3 Å². The predicted octanol–water partition coefficient (Wildman–Crippen LogP) is 2.00. The lowest BCUT2D eigenvalue weighted by molar-refractivity contribution is -0.138. The highest BCUT2D eigenvalue weighted by Crippen LogP contribution is 2.14. The van der Waals surface area contributed by atoms with Gasteiger partial charge in [-0.05, 0) is 12.8 Å². The summed E-state index contributed by atoms with van der Waals surface area (Å²) in [6, 6.07) is 0. The Labute approximate surface area is 125 Å². The van der Waals surface area contributed by atoms with Crippen LogP contribution < -0.4 is 0 Å². The third kappa shape index (κ3) is 3.95. The monoisotopic (exact) mass is 382 g/mol. The second kappa shape index (κ2) is 7.48. The third-order valence-corrected chi connectivity index (χ3v) is 5.23. The average Bonchev–Trinajstić information content (AvgIpc) is 2.44. The molecule has 0 aromatic carbocycles. The van der Waals surface area contributed by atoms with Gasteiger partial charge in [0, 0.05) is 26.2 Å². The Balaban J connectivity index is 2.46. The van der Waals surface area contributed by atoms with Crippen molar-refractivity contribution in [3.63, 3.8) is 0 Å². The second-order valence-corrected chi connectivity index (χ2v) is 6.61. The molecule has 0 radical (unpaired) electrons. The van der Waals surface area contributed by atoms with Crippen molar-refractivity contribution in [3.05, 3.63) is 0 Å². The fourth-order valence-corrected chi connectivity index (χ4v) is 2.47. The van der Waals surface area contributed by atoms with Crippen LogP contribution in [0.4, 0.5) is 0 Å². The van der Waals surface area contributed by atoms with E-state index in [-0.39, 0.29) is 21.5 Å². The molecular weight excluding hydrogens is 364 g/mol. The van der Waals surface area contributed by atoms with E-state index in [0.29, 0.717) is 26.2 Å². The first-order chi connectivity index (χ1) is 8.51. The molecule has 0 saturated carbocycles. The van der Waals surface area contributed by atoms with Crippen LogP contribution in [0.15, 0.2) is 0 Å². The number of amides is 2. The predicted molar refractivity (Wildman–Crippen MR) is 79.2 cm³/mol. The second-order valence-electron chi connectivity index (χ2n) is 4.40. The molecule has 1 heterocycles. The first kappa shape index (κ1) is 16.0. The van der Waals surface area contributed by atoms with Crippen LogP contribution in [0.2, 0.25) is 0 Å². The van der Waals surface area contributed by atoms with E-state index in [1.165, 1.54) is 0 Å². The van der Waals surface area contributed by atoms with Crippen molar-refractivity contribution in [2.24, 2.45) is 0 Å². The van der Waals surface area contributed by atoms with Crippen LogP contribution in [0, 0.1) is 0 Å². The number of hydrogen-bond donors (Lipinski definition) is 0. The average molecular weight is 384 g/mol. The van der Waals surface area contributed by atoms with E-state index in [2.05, 4.69) is 31.9 Å². The van der Waals surface area contributed by atoms with Crippen molar-refractivity contribution in [1.29, 1.82) is 0 Å². The van der Waals surface area contributed by atoms with Crippen LogP contribution in [-0.2, 0) is 9.59 Å². The minimum absolute atomic E-state index is 0.0979. The Hall–Kier alpha value is -0.100. The molecule has 2 atom stereocenters. The first-order valence-corrected chi connectivity index (χ1v) is 8.20. The summed E-state index contributed by atoms with van der Waals surface area (Å²) in [6.45, 7) is 6.50. The van der Waals surface area contributed by atoms with E-state index in [0.717, 1.165) is 12.8 Å². The summed E-state index contributed by atoms with van der Waals surface area (Å²) in [5.74, 6) is 0.269. The van der Waals surface area contributed by atoms with Gasteiger partial charge in [0.05, 0.1) is 9.65 Å². The Morgan fingerprint density at radius 3 is 1.39 bits per heavy atom. The van der Waals surface area contributed by atoms with Gasteiger partial charge in [-0.15, -0.1) is 0 Å². The van der Waals surface area contributed by atoms with Gasteiger partial charge in [0.25, 0.3) is 0 Å². The smallest absolute Gasteiger partial charge is 0.236 e. The van der Waals surface area contributed by atoms with Crippen molar-refractivity contribution in [2.75, 3.05) is 26.2 Å². The maximum Gasteiger partial charge on any atom is 0.236 e. The molecule has 104 valence electrons. The number of hydrogen-bond acceptors (Lipinski definition) is 2. The lowest BCUT2D eigenvalue weighted by Gasteiger charge is -2.36. The van der Waals surface area contributed by atoms with Crippen LogP contribution in [0.3, 0.4) is 0 Å². The van der Waals surface area contributed by atoms with E-state index >= 15 is 0 Å². The molecule has 1 aliphatic heterocycles. The van der Waals surface area contributed by atoms with E-state index in [1.54, 1.807) is 0 Å². The summed E-state index contributed by atoms with van der Waals surface area (Å²) >= 11 is 6.75. The zero-order valence-electron chi connectivity index (χ0n) is 10.9. The van der Waals surface area contributed by atoms with Gasteiger partial charge in [0.2, 0.25) is 11.8 Å². The van der Waals surface area contributed by atoms with Crippen molar-refractivity contribution < 1.29 is 9.59 Å². The van der Waals surface area contributed by atoms with E-state index < -0.39 is 0 Å². The van der Waals surface area contributed by atoms with Gasteiger partial charge >= 0.3 is 0 Å². The zero-order valence-corrected chi connectivity index (χ0v) is 14.0. The molecular formula is C12H20Br2N2O2. The molecule has 1 rings (SSSR count). The first-order valence-electron chi connectivity index (χ1n) is 6.36. The van der Waals surface area contributed by atoms with Gasteiger partial charge in [0.1, 0.15) is 0 Å². The number of nitrogens with zero attached hydrogens (tertiary/aromatic N) is 2. The fraction of sp³-hybridized carbons (Fsp3) is 0.833. The van der Waals surface area contributed by atoms with Gasteiger partial charge in [-0.3, -0.25) is 9.59 Å². The SMILES string of the molecule is CC[C@@H](Br)C(=O)N1CCN(C(=O)[C@@H](Br)CC)CC1. The van der Waals surface area contributed by atoms with Crippen LogP contribution in [-0.4, -0.2) is 57.4 Å². The van der Waals surface area contributed by atoms with Crippen LogP contribution >= 0.6 is 31.9 Å². The summed E-state index contributed by atoms with van der Waals surface area (Å²) in [4.78, 5) is 27.4.